The van der Waals surface area contributed by atoms with Gasteiger partial charge in [0, 0.05) is 16.7 Å². The van der Waals surface area contributed by atoms with Crippen LogP contribution in [0.5, 0.6) is 0 Å². The second kappa shape index (κ2) is 6.35. The Kier molecular flexibility index (Phi) is 5.39. The summed E-state index contributed by atoms with van der Waals surface area (Å²) >= 11 is 1.37. The highest BCUT2D eigenvalue weighted by Crippen LogP contribution is 2.29. The van der Waals surface area contributed by atoms with E-state index in [0.717, 1.165) is 10.5 Å². The van der Waals surface area contributed by atoms with Crippen molar-refractivity contribution in [3.63, 3.8) is 0 Å². The van der Waals surface area contributed by atoms with E-state index in [4.69, 9.17) is 10.8 Å². The van der Waals surface area contributed by atoms with Crippen LogP contribution >= 0.6 is 11.8 Å². The van der Waals surface area contributed by atoms with Gasteiger partial charge < -0.3 is 15.9 Å². The largest absolute Gasteiger partial charge is 0.394 e. The van der Waals surface area contributed by atoms with Crippen molar-refractivity contribution in [1.29, 1.82) is 0 Å². The van der Waals surface area contributed by atoms with Crippen molar-refractivity contribution in [2.75, 3.05) is 12.4 Å². The number of aliphatic hydroxyl groups is 2. The minimum atomic E-state index is -0.772. The summed E-state index contributed by atoms with van der Waals surface area (Å²) in [6.45, 7) is 3.20. The Morgan fingerprint density at radius 1 is 1.47 bits per heavy atom. The summed E-state index contributed by atoms with van der Waals surface area (Å²) in [7, 11) is 0. The maximum absolute atomic E-state index is 13.4. The molecule has 0 spiro atoms. The van der Waals surface area contributed by atoms with Gasteiger partial charge in [-0.2, -0.15) is 0 Å². The Hall–Kier alpha value is -0.620. The molecule has 0 aromatic heterocycles. The van der Waals surface area contributed by atoms with Gasteiger partial charge in [-0.15, -0.1) is 11.8 Å². The summed E-state index contributed by atoms with van der Waals surface area (Å²) in [6.07, 6.45) is -0.772. The molecule has 0 bridgehead atoms. The van der Waals surface area contributed by atoms with Crippen molar-refractivity contribution in [2.45, 2.75) is 30.9 Å². The average molecular weight is 259 g/mol. The fourth-order valence-corrected chi connectivity index (χ4v) is 2.54. The van der Waals surface area contributed by atoms with Gasteiger partial charge in [0.25, 0.3) is 0 Å². The number of benzene rings is 1. The van der Waals surface area contributed by atoms with Crippen molar-refractivity contribution in [3.05, 3.63) is 29.1 Å². The van der Waals surface area contributed by atoms with E-state index >= 15 is 0 Å². The van der Waals surface area contributed by atoms with Crippen LogP contribution in [0.4, 0.5) is 4.39 Å². The number of nitrogens with two attached hydrogens (primary N) is 1. The first-order valence-electron chi connectivity index (χ1n) is 5.43. The number of aliphatic hydroxyl groups excluding tert-OH is 2. The minimum Gasteiger partial charge on any atom is -0.394 e. The molecule has 1 aromatic carbocycles. The molecule has 0 saturated carbocycles. The second-order valence-corrected chi connectivity index (χ2v) is 5.14. The molecule has 0 radical (unpaired) electrons. The molecule has 3 nitrogen and oxygen atoms in total. The molecule has 1 aromatic rings. The molecule has 5 heteroatoms. The van der Waals surface area contributed by atoms with E-state index in [9.17, 15) is 9.50 Å². The van der Waals surface area contributed by atoms with Gasteiger partial charge in [0.2, 0.25) is 0 Å². The molecule has 0 saturated heterocycles. The van der Waals surface area contributed by atoms with E-state index in [-0.39, 0.29) is 18.5 Å². The molecule has 0 heterocycles. The summed E-state index contributed by atoms with van der Waals surface area (Å²) in [6, 6.07) is 2.90. The van der Waals surface area contributed by atoms with Gasteiger partial charge in [0.15, 0.2) is 0 Å². The molecular formula is C12H18FNO2S. The van der Waals surface area contributed by atoms with Crippen LogP contribution in [0, 0.1) is 12.7 Å². The zero-order valence-corrected chi connectivity index (χ0v) is 10.8. The predicted molar refractivity (Wildman–Crippen MR) is 67.6 cm³/mol. The van der Waals surface area contributed by atoms with Gasteiger partial charge in [0.05, 0.1) is 12.7 Å². The third-order valence-electron chi connectivity index (χ3n) is 2.42. The Balaban J connectivity index is 2.92. The fraction of sp³-hybridized carbons (Fsp3) is 0.500. The minimum absolute atomic E-state index is 0.265. The van der Waals surface area contributed by atoms with Gasteiger partial charge in [-0.25, -0.2) is 4.39 Å². The third kappa shape index (κ3) is 3.96. The first kappa shape index (κ1) is 14.4. The number of thioether (sulfide) groups is 1. The molecule has 0 amide bonds. The summed E-state index contributed by atoms with van der Waals surface area (Å²) < 4.78 is 13.4. The summed E-state index contributed by atoms with van der Waals surface area (Å²) in [5, 5.41) is 18.0. The van der Waals surface area contributed by atoms with Crippen LogP contribution in [0.25, 0.3) is 0 Å². The van der Waals surface area contributed by atoms with E-state index < -0.39 is 6.10 Å². The van der Waals surface area contributed by atoms with E-state index in [1.807, 2.05) is 0 Å². The van der Waals surface area contributed by atoms with E-state index in [0.29, 0.717) is 11.3 Å². The first-order chi connectivity index (χ1) is 7.95. The van der Waals surface area contributed by atoms with Gasteiger partial charge in [-0.05, 0) is 37.1 Å². The van der Waals surface area contributed by atoms with Crippen molar-refractivity contribution < 1.29 is 14.6 Å². The normalized spacial score (nSPS) is 14.7. The highest BCUT2D eigenvalue weighted by Gasteiger charge is 2.13. The quantitative estimate of drug-likeness (QED) is 0.703. The highest BCUT2D eigenvalue weighted by molar-refractivity contribution is 7.99. The molecule has 1 unspecified atom stereocenters. The average Bonchev–Trinajstić information content (AvgIpc) is 2.29. The number of halogens is 1. The van der Waals surface area contributed by atoms with Gasteiger partial charge >= 0.3 is 0 Å². The molecule has 96 valence electrons. The van der Waals surface area contributed by atoms with Crippen molar-refractivity contribution in [1.82, 2.24) is 0 Å². The number of rotatable bonds is 5. The van der Waals surface area contributed by atoms with E-state index in [1.54, 1.807) is 19.9 Å². The van der Waals surface area contributed by atoms with Crippen LogP contribution in [0.3, 0.4) is 0 Å². The van der Waals surface area contributed by atoms with Gasteiger partial charge in [0.1, 0.15) is 5.82 Å². The summed E-state index contributed by atoms with van der Waals surface area (Å²) in [5.41, 5.74) is 7.06. The lowest BCUT2D eigenvalue weighted by Gasteiger charge is -2.15. The van der Waals surface area contributed by atoms with Crippen LogP contribution in [0.1, 0.15) is 24.1 Å². The Labute approximate surface area is 105 Å². The lowest BCUT2D eigenvalue weighted by molar-refractivity contribution is 0.113. The summed E-state index contributed by atoms with van der Waals surface area (Å²) in [4.78, 5) is 0.853. The maximum atomic E-state index is 13.4. The number of aryl methyl sites for hydroxylation is 1. The van der Waals surface area contributed by atoms with Crippen LogP contribution in [-0.2, 0) is 0 Å². The molecule has 0 fully saturated rings. The zero-order chi connectivity index (χ0) is 13.0. The molecule has 0 aliphatic heterocycles. The Bertz CT molecular complexity index is 385. The van der Waals surface area contributed by atoms with Crippen LogP contribution in [0.15, 0.2) is 17.0 Å². The predicted octanol–water partition coefficient (Wildman–Crippen LogP) is 1.60. The van der Waals surface area contributed by atoms with Crippen molar-refractivity contribution >= 4 is 11.8 Å². The highest BCUT2D eigenvalue weighted by atomic mass is 32.2. The molecule has 2 atom stereocenters. The smallest absolute Gasteiger partial charge is 0.126 e. The lowest BCUT2D eigenvalue weighted by Crippen LogP contribution is -2.15. The number of hydrogen-bond donors (Lipinski definition) is 3. The third-order valence-corrected chi connectivity index (χ3v) is 3.64. The molecule has 0 aliphatic rings. The Morgan fingerprint density at radius 3 is 2.65 bits per heavy atom. The Morgan fingerprint density at radius 2 is 2.12 bits per heavy atom. The topological polar surface area (TPSA) is 66.5 Å². The number of hydrogen-bond acceptors (Lipinski definition) is 4. The molecule has 1 rings (SSSR count). The molecule has 17 heavy (non-hydrogen) atoms. The van der Waals surface area contributed by atoms with Gasteiger partial charge in [-0.1, -0.05) is 0 Å². The standard InChI is InChI=1S/C12H18FNO2S/c1-7-3-12(17-6-9(16)5-15)10(8(2)14)4-11(7)13/h3-4,8-9,15-16H,5-6,14H2,1-2H3/t8-,9?/m1/s1. The molecule has 4 N–H and O–H groups in total. The molecular weight excluding hydrogens is 241 g/mol. The molecule has 0 aliphatic carbocycles. The van der Waals surface area contributed by atoms with Gasteiger partial charge in [-0.3, -0.25) is 0 Å². The SMILES string of the molecule is Cc1cc(SCC(O)CO)c([C@@H](C)N)cc1F. The first-order valence-corrected chi connectivity index (χ1v) is 6.41. The van der Waals surface area contributed by atoms with Crippen LogP contribution in [-0.4, -0.2) is 28.7 Å². The van der Waals surface area contributed by atoms with Crippen LogP contribution < -0.4 is 5.73 Å². The van der Waals surface area contributed by atoms with E-state index in [2.05, 4.69) is 0 Å². The maximum Gasteiger partial charge on any atom is 0.126 e. The van der Waals surface area contributed by atoms with E-state index in [1.165, 1.54) is 17.8 Å². The van der Waals surface area contributed by atoms with Crippen LogP contribution in [0.2, 0.25) is 0 Å². The monoisotopic (exact) mass is 259 g/mol. The zero-order valence-electron chi connectivity index (χ0n) is 9.98. The second-order valence-electron chi connectivity index (χ2n) is 4.08. The van der Waals surface area contributed by atoms with Crippen molar-refractivity contribution in [3.8, 4) is 0 Å². The van der Waals surface area contributed by atoms with Crippen molar-refractivity contribution in [2.24, 2.45) is 5.73 Å². The lowest BCUT2D eigenvalue weighted by atomic mass is 10.1. The fourth-order valence-electron chi connectivity index (χ4n) is 1.39. The summed E-state index contributed by atoms with van der Waals surface area (Å²) in [5.74, 6) is 0.0886.